The first-order valence-corrected chi connectivity index (χ1v) is 4.31. The largest absolute Gasteiger partial charge is 0.290 e. The van der Waals surface area contributed by atoms with Gasteiger partial charge in [0.25, 0.3) is 5.91 Å². The van der Waals surface area contributed by atoms with Crippen molar-refractivity contribution in [2.45, 2.75) is 0 Å². The van der Waals surface area contributed by atoms with Gasteiger partial charge in [-0.2, -0.15) is 0 Å². The Morgan fingerprint density at radius 3 is 2.57 bits per heavy atom. The molecule has 0 heterocycles. The van der Waals surface area contributed by atoms with Gasteiger partial charge in [-0.25, -0.2) is 5.84 Å². The molecule has 0 radical (unpaired) electrons. The second-order valence-electron chi connectivity index (χ2n) is 3.00. The quantitative estimate of drug-likeness (QED) is 0.402. The molecule has 0 atom stereocenters. The fraction of sp³-hybridized carbons (Fsp3) is 0. The van der Waals surface area contributed by atoms with Gasteiger partial charge in [-0.1, -0.05) is 36.4 Å². The van der Waals surface area contributed by atoms with Crippen LogP contribution in [0.15, 0.2) is 42.5 Å². The van der Waals surface area contributed by atoms with Crippen LogP contribution in [-0.4, -0.2) is 5.91 Å². The number of amides is 1. The van der Waals surface area contributed by atoms with E-state index in [2.05, 4.69) is 5.43 Å². The lowest BCUT2D eigenvalue weighted by molar-refractivity contribution is 0.0955. The summed E-state index contributed by atoms with van der Waals surface area (Å²) >= 11 is 0. The van der Waals surface area contributed by atoms with Crippen LogP contribution < -0.4 is 11.3 Å². The molecule has 1 amide bonds. The lowest BCUT2D eigenvalue weighted by Crippen LogP contribution is -2.30. The lowest BCUT2D eigenvalue weighted by Gasteiger charge is -2.03. The maximum atomic E-state index is 11.4. The molecule has 3 N–H and O–H groups in total. The third kappa shape index (κ3) is 1.34. The fourth-order valence-electron chi connectivity index (χ4n) is 1.50. The third-order valence-electron chi connectivity index (χ3n) is 2.17. The van der Waals surface area contributed by atoms with Gasteiger partial charge in [0.1, 0.15) is 0 Å². The van der Waals surface area contributed by atoms with Crippen LogP contribution in [0.3, 0.4) is 0 Å². The molecule has 2 rings (SSSR count). The van der Waals surface area contributed by atoms with Crippen molar-refractivity contribution in [1.82, 2.24) is 5.43 Å². The van der Waals surface area contributed by atoms with E-state index in [-0.39, 0.29) is 5.91 Å². The van der Waals surface area contributed by atoms with Crippen LogP contribution in [0.25, 0.3) is 10.8 Å². The Balaban J connectivity index is 2.71. The zero-order valence-corrected chi connectivity index (χ0v) is 7.53. The van der Waals surface area contributed by atoms with Crippen LogP contribution in [0.1, 0.15) is 10.4 Å². The number of carbonyl (C=O) groups is 1. The van der Waals surface area contributed by atoms with Crippen LogP contribution in [0.4, 0.5) is 0 Å². The van der Waals surface area contributed by atoms with Crippen LogP contribution in [-0.2, 0) is 0 Å². The van der Waals surface area contributed by atoms with Crippen molar-refractivity contribution in [3.63, 3.8) is 0 Å². The number of hydrogen-bond acceptors (Lipinski definition) is 2. The normalized spacial score (nSPS) is 10.1. The first-order valence-electron chi connectivity index (χ1n) is 4.31. The van der Waals surface area contributed by atoms with Gasteiger partial charge in [-0.15, -0.1) is 0 Å². The molecule has 14 heavy (non-hydrogen) atoms. The summed E-state index contributed by atoms with van der Waals surface area (Å²) in [5, 5.41) is 1.95. The Labute approximate surface area is 81.5 Å². The fourth-order valence-corrected chi connectivity index (χ4v) is 1.50. The topological polar surface area (TPSA) is 55.1 Å². The Hall–Kier alpha value is -1.87. The minimum atomic E-state index is -0.262. The number of nitrogens with two attached hydrogens (primary N) is 1. The Kier molecular flexibility index (Phi) is 2.16. The number of hydrogen-bond donors (Lipinski definition) is 2. The van der Waals surface area contributed by atoms with E-state index in [0.717, 1.165) is 10.8 Å². The molecular weight excluding hydrogens is 176 g/mol. The van der Waals surface area contributed by atoms with E-state index < -0.39 is 0 Å². The molecule has 0 unspecified atom stereocenters. The van der Waals surface area contributed by atoms with E-state index in [1.54, 1.807) is 6.07 Å². The van der Waals surface area contributed by atoms with Gasteiger partial charge in [0.2, 0.25) is 0 Å². The Bertz CT molecular complexity index is 474. The minimum absolute atomic E-state index is 0.262. The van der Waals surface area contributed by atoms with Gasteiger partial charge in [0.15, 0.2) is 0 Å². The number of rotatable bonds is 1. The summed E-state index contributed by atoms with van der Waals surface area (Å²) in [6.07, 6.45) is 0. The molecule has 0 aliphatic heterocycles. The number of nitrogen functional groups attached to an aromatic ring is 1. The molecule has 0 aliphatic carbocycles. The lowest BCUT2D eigenvalue weighted by atomic mass is 10.0. The Morgan fingerprint density at radius 2 is 1.79 bits per heavy atom. The molecule has 0 aromatic heterocycles. The summed E-state index contributed by atoms with van der Waals surface area (Å²) < 4.78 is 0. The number of nitrogens with one attached hydrogen (secondary N) is 1. The number of hydrazine groups is 1. The molecular formula is C11H10N2O. The van der Waals surface area contributed by atoms with Crippen molar-refractivity contribution < 1.29 is 4.79 Å². The van der Waals surface area contributed by atoms with Crippen molar-refractivity contribution in [1.29, 1.82) is 0 Å². The maximum Gasteiger partial charge on any atom is 0.265 e. The molecule has 0 bridgehead atoms. The van der Waals surface area contributed by atoms with Crippen LogP contribution in [0.5, 0.6) is 0 Å². The van der Waals surface area contributed by atoms with Gasteiger partial charge in [-0.05, 0) is 16.8 Å². The highest BCUT2D eigenvalue weighted by atomic mass is 16.2. The second-order valence-corrected chi connectivity index (χ2v) is 3.00. The van der Waals surface area contributed by atoms with Gasteiger partial charge in [-0.3, -0.25) is 10.2 Å². The van der Waals surface area contributed by atoms with Gasteiger partial charge in [0.05, 0.1) is 0 Å². The standard InChI is InChI=1S/C11H10N2O/c12-13-11(14)10-7-3-5-8-4-1-2-6-9(8)10/h1-7H,12H2,(H,13,14). The summed E-state index contributed by atoms with van der Waals surface area (Å²) in [5.74, 6) is 4.83. The van der Waals surface area contributed by atoms with E-state index in [0.29, 0.717) is 5.56 Å². The van der Waals surface area contributed by atoms with Crippen LogP contribution in [0.2, 0.25) is 0 Å². The number of benzene rings is 2. The summed E-state index contributed by atoms with van der Waals surface area (Å²) in [6, 6.07) is 13.3. The van der Waals surface area contributed by atoms with E-state index in [9.17, 15) is 4.79 Å². The van der Waals surface area contributed by atoms with Gasteiger partial charge < -0.3 is 0 Å². The zero-order chi connectivity index (χ0) is 9.97. The molecule has 2 aromatic carbocycles. The predicted molar refractivity (Wildman–Crippen MR) is 55.6 cm³/mol. The van der Waals surface area contributed by atoms with E-state index in [1.807, 2.05) is 36.4 Å². The van der Waals surface area contributed by atoms with E-state index in [4.69, 9.17) is 5.84 Å². The smallest absolute Gasteiger partial charge is 0.265 e. The first kappa shape index (κ1) is 8.72. The van der Waals surface area contributed by atoms with Gasteiger partial charge >= 0.3 is 0 Å². The second kappa shape index (κ2) is 3.47. The highest BCUT2D eigenvalue weighted by Gasteiger charge is 2.06. The van der Waals surface area contributed by atoms with Crippen LogP contribution in [0, 0.1) is 0 Å². The van der Waals surface area contributed by atoms with Crippen molar-refractivity contribution in [3.05, 3.63) is 48.0 Å². The molecule has 0 spiro atoms. The molecule has 70 valence electrons. The molecule has 0 saturated carbocycles. The number of fused-ring (bicyclic) bond motifs is 1. The monoisotopic (exact) mass is 186 g/mol. The highest BCUT2D eigenvalue weighted by Crippen LogP contribution is 2.17. The molecule has 3 nitrogen and oxygen atoms in total. The Morgan fingerprint density at radius 1 is 1.07 bits per heavy atom. The average molecular weight is 186 g/mol. The van der Waals surface area contributed by atoms with E-state index in [1.165, 1.54) is 0 Å². The molecule has 0 aliphatic rings. The van der Waals surface area contributed by atoms with Crippen molar-refractivity contribution in [2.75, 3.05) is 0 Å². The van der Waals surface area contributed by atoms with Crippen molar-refractivity contribution in [3.8, 4) is 0 Å². The molecule has 0 saturated heterocycles. The number of carbonyl (C=O) groups excluding carboxylic acids is 1. The summed E-state index contributed by atoms with van der Waals surface area (Å²) in [7, 11) is 0. The van der Waals surface area contributed by atoms with E-state index >= 15 is 0 Å². The average Bonchev–Trinajstić information content (AvgIpc) is 2.27. The van der Waals surface area contributed by atoms with Crippen molar-refractivity contribution >= 4 is 16.7 Å². The van der Waals surface area contributed by atoms with Crippen LogP contribution >= 0.6 is 0 Å². The third-order valence-corrected chi connectivity index (χ3v) is 2.17. The van der Waals surface area contributed by atoms with Crippen molar-refractivity contribution in [2.24, 2.45) is 5.84 Å². The minimum Gasteiger partial charge on any atom is -0.290 e. The predicted octanol–water partition coefficient (Wildman–Crippen LogP) is 1.44. The molecule has 3 heteroatoms. The van der Waals surface area contributed by atoms with Gasteiger partial charge in [0, 0.05) is 5.56 Å². The SMILES string of the molecule is NNC(=O)c1cccc2ccccc12. The molecule has 0 fully saturated rings. The first-order chi connectivity index (χ1) is 6.83. The highest BCUT2D eigenvalue weighted by molar-refractivity contribution is 6.06. The maximum absolute atomic E-state index is 11.4. The molecule has 2 aromatic rings. The summed E-state index contributed by atoms with van der Waals surface area (Å²) in [4.78, 5) is 11.4. The summed E-state index contributed by atoms with van der Waals surface area (Å²) in [6.45, 7) is 0. The summed E-state index contributed by atoms with van der Waals surface area (Å²) in [5.41, 5.74) is 2.74. The zero-order valence-electron chi connectivity index (χ0n) is 7.53.